The van der Waals surface area contributed by atoms with Crippen LogP contribution in [-0.2, 0) is 10.0 Å². The second-order valence-corrected chi connectivity index (χ2v) is 9.62. The Labute approximate surface area is 188 Å². The highest BCUT2D eigenvalue weighted by Gasteiger charge is 2.32. The first kappa shape index (κ1) is 27.2. The Morgan fingerprint density at radius 2 is 1.94 bits per heavy atom. The number of hydrazone groups is 1. The number of nitrogens with one attached hydrogen (secondary N) is 1. The largest absolute Gasteiger partial charge is 0.430 e. The molecule has 0 saturated heterocycles. The van der Waals surface area contributed by atoms with Gasteiger partial charge in [0.05, 0.1) is 11.4 Å². The summed E-state index contributed by atoms with van der Waals surface area (Å²) in [4.78, 5) is 1.30. The minimum atomic E-state index is -4.63. The molecule has 0 saturated carbocycles. The lowest BCUT2D eigenvalue weighted by Crippen LogP contribution is -2.41. The van der Waals surface area contributed by atoms with Crippen molar-refractivity contribution >= 4 is 22.2 Å². The van der Waals surface area contributed by atoms with Gasteiger partial charge >= 0.3 is 6.18 Å². The second kappa shape index (κ2) is 10.2. The van der Waals surface area contributed by atoms with Crippen molar-refractivity contribution < 1.29 is 21.6 Å². The van der Waals surface area contributed by atoms with Gasteiger partial charge in [0, 0.05) is 30.9 Å². The Balaban J connectivity index is 3.14. The molecule has 0 radical (unpaired) electrons. The van der Waals surface area contributed by atoms with Gasteiger partial charge in [-0.25, -0.2) is 5.01 Å². The van der Waals surface area contributed by atoms with Gasteiger partial charge in [-0.05, 0) is 31.6 Å². The Hall–Kier alpha value is -2.82. The van der Waals surface area contributed by atoms with Crippen LogP contribution < -0.4 is 5.32 Å². The van der Waals surface area contributed by atoms with Crippen LogP contribution in [0.4, 0.5) is 13.2 Å². The van der Waals surface area contributed by atoms with Gasteiger partial charge in [-0.2, -0.15) is 26.7 Å². The van der Waals surface area contributed by atoms with Gasteiger partial charge in [0.25, 0.3) is 10.0 Å². The quantitative estimate of drug-likeness (QED) is 0.326. The molecule has 1 aliphatic heterocycles. The van der Waals surface area contributed by atoms with Gasteiger partial charge in [0.2, 0.25) is 5.96 Å². The van der Waals surface area contributed by atoms with E-state index in [1.54, 1.807) is 18.2 Å². The summed E-state index contributed by atoms with van der Waals surface area (Å²) < 4.78 is 67.5. The fourth-order valence-electron chi connectivity index (χ4n) is 2.30. The number of allylic oxidation sites excluding steroid dienone is 5. The molecule has 32 heavy (non-hydrogen) atoms. The lowest BCUT2D eigenvalue weighted by atomic mass is 9.97. The van der Waals surface area contributed by atoms with Crippen LogP contribution in [0, 0.1) is 5.41 Å². The topological polar surface area (TPSA) is 77.4 Å². The fourth-order valence-corrected chi connectivity index (χ4v) is 3.12. The molecule has 11 heteroatoms. The van der Waals surface area contributed by atoms with E-state index in [0.717, 1.165) is 6.08 Å². The monoisotopic (exact) mass is 473 g/mol. The van der Waals surface area contributed by atoms with Crippen molar-refractivity contribution in [2.45, 2.75) is 33.9 Å². The zero-order chi connectivity index (χ0) is 24.9. The Morgan fingerprint density at radius 1 is 1.34 bits per heavy atom. The van der Waals surface area contributed by atoms with E-state index < -0.39 is 21.9 Å². The van der Waals surface area contributed by atoms with Crippen LogP contribution in [0.3, 0.4) is 0 Å². The number of halogens is 3. The van der Waals surface area contributed by atoms with Crippen molar-refractivity contribution in [2.24, 2.45) is 14.9 Å². The molecule has 0 aliphatic carbocycles. The van der Waals surface area contributed by atoms with E-state index in [1.807, 2.05) is 20.8 Å². The van der Waals surface area contributed by atoms with Crippen LogP contribution in [-0.4, -0.2) is 56.8 Å². The minimum absolute atomic E-state index is 0.0253. The Kier molecular flexibility index (Phi) is 8.67. The van der Waals surface area contributed by atoms with Gasteiger partial charge < -0.3 is 10.2 Å². The Morgan fingerprint density at radius 3 is 2.38 bits per heavy atom. The highest BCUT2D eigenvalue weighted by Crippen LogP contribution is 2.24. The highest BCUT2D eigenvalue weighted by atomic mass is 32.2. The van der Waals surface area contributed by atoms with Crippen molar-refractivity contribution in [1.29, 1.82) is 0 Å². The van der Waals surface area contributed by atoms with Crippen LogP contribution >= 0.6 is 0 Å². The lowest BCUT2D eigenvalue weighted by Gasteiger charge is -2.27. The predicted molar refractivity (Wildman–Crippen MR) is 123 cm³/mol. The van der Waals surface area contributed by atoms with Gasteiger partial charge in [-0.15, -0.1) is 4.40 Å². The number of hydrogen-bond acceptors (Lipinski definition) is 4. The number of hydrogen-bond donors (Lipinski definition) is 1. The molecule has 0 aromatic heterocycles. The molecule has 1 aliphatic rings. The number of sulfonamides is 1. The first-order valence-corrected chi connectivity index (χ1v) is 11.1. The molecule has 0 fully saturated rings. The van der Waals surface area contributed by atoms with Crippen LogP contribution in [0.5, 0.6) is 0 Å². The minimum Gasteiger partial charge on any atom is -0.352 e. The summed E-state index contributed by atoms with van der Waals surface area (Å²) in [6, 6.07) is 0. The predicted octanol–water partition coefficient (Wildman–Crippen LogP) is 4.15. The van der Waals surface area contributed by atoms with Gasteiger partial charge in [0.1, 0.15) is 5.70 Å². The smallest absolute Gasteiger partial charge is 0.352 e. The van der Waals surface area contributed by atoms with Crippen molar-refractivity contribution in [2.75, 3.05) is 20.1 Å². The van der Waals surface area contributed by atoms with E-state index in [4.69, 9.17) is 0 Å². The average Bonchev–Trinajstić information content (AvgIpc) is 3.02. The average molecular weight is 474 g/mol. The van der Waals surface area contributed by atoms with Gasteiger partial charge in [-0.1, -0.05) is 39.7 Å². The summed E-state index contributed by atoms with van der Waals surface area (Å²) in [6.45, 7) is 18.3. The molecule has 0 amide bonds. The summed E-state index contributed by atoms with van der Waals surface area (Å²) >= 11 is 0. The second-order valence-electron chi connectivity index (χ2n) is 7.96. The van der Waals surface area contributed by atoms with Crippen molar-refractivity contribution in [3.8, 4) is 0 Å². The summed E-state index contributed by atoms with van der Waals surface area (Å²) in [5.41, 5.74) is -1.09. The fraction of sp³-hybridized carbons (Fsp3) is 0.429. The summed E-state index contributed by atoms with van der Waals surface area (Å²) in [6.07, 6.45) is 0.723. The van der Waals surface area contributed by atoms with E-state index in [0.29, 0.717) is 18.7 Å². The molecule has 0 atom stereocenters. The van der Waals surface area contributed by atoms with Gasteiger partial charge in [-0.3, -0.25) is 0 Å². The zero-order valence-electron chi connectivity index (χ0n) is 19.0. The highest BCUT2D eigenvalue weighted by molar-refractivity contribution is 7.94. The molecule has 1 N–H and O–H groups in total. The number of nitrogens with zero attached hydrogens (tertiary/aromatic N) is 4. The zero-order valence-corrected chi connectivity index (χ0v) is 19.8. The molecule has 1 heterocycles. The summed E-state index contributed by atoms with van der Waals surface area (Å²) in [5, 5.41) is 7.88. The number of guanidine groups is 1. The molecule has 0 aromatic carbocycles. The third kappa shape index (κ3) is 7.70. The Bertz CT molecular complexity index is 989. The van der Waals surface area contributed by atoms with E-state index in [9.17, 15) is 21.6 Å². The van der Waals surface area contributed by atoms with Crippen LogP contribution in [0.15, 0.2) is 69.3 Å². The molecule has 0 aromatic rings. The summed E-state index contributed by atoms with van der Waals surface area (Å²) in [7, 11) is -2.48. The first-order chi connectivity index (χ1) is 14.5. The molecule has 0 spiro atoms. The van der Waals surface area contributed by atoms with Crippen molar-refractivity contribution in [3.63, 3.8) is 0 Å². The normalized spacial score (nSPS) is 17.1. The van der Waals surface area contributed by atoms with E-state index in [1.165, 1.54) is 24.1 Å². The van der Waals surface area contributed by atoms with Crippen molar-refractivity contribution in [1.82, 2.24) is 15.2 Å². The lowest BCUT2D eigenvalue weighted by molar-refractivity contribution is -0.0952. The van der Waals surface area contributed by atoms with Crippen molar-refractivity contribution in [3.05, 3.63) is 59.8 Å². The van der Waals surface area contributed by atoms with Gasteiger partial charge in [0.15, 0.2) is 0 Å². The maximum atomic E-state index is 12.7. The third-order valence-electron chi connectivity index (χ3n) is 4.32. The maximum Gasteiger partial charge on any atom is 0.430 e. The molecule has 1 rings (SSSR count). The summed E-state index contributed by atoms with van der Waals surface area (Å²) in [5.74, 6) is 0.144. The van der Waals surface area contributed by atoms with E-state index in [-0.39, 0.29) is 22.0 Å². The SMILES string of the molecule is C=C(C)/C(=C\C=C/C(=C)S(=O)(=O)N=C(N(C)CC)N1CC(C)(C)C=N1)NC(=C)C(F)(F)F. The maximum absolute atomic E-state index is 12.7. The van der Waals surface area contributed by atoms with Crippen LogP contribution in [0.25, 0.3) is 0 Å². The molecule has 0 bridgehead atoms. The van der Waals surface area contributed by atoms with Crippen LogP contribution in [0.1, 0.15) is 27.7 Å². The third-order valence-corrected chi connectivity index (χ3v) is 5.52. The molecule has 0 unspecified atom stereocenters. The standard InChI is InChI=1S/C21H30F3N5O2S/c1-9-28(8)19(29-14-20(6,7)13-25-29)27-32(30,31)16(4)11-10-12-18(15(2)3)26-17(5)21(22,23)24/h10-13,26H,2,4-5,9,14H2,1,3,6-8H3/b11-10-,18-12+,27-19?. The molecule has 178 valence electrons. The molecular formula is C21H30F3N5O2S. The van der Waals surface area contributed by atoms with Crippen LogP contribution in [0.2, 0.25) is 0 Å². The molecular weight excluding hydrogens is 443 g/mol. The van der Waals surface area contributed by atoms with E-state index >= 15 is 0 Å². The molecule has 7 nitrogen and oxygen atoms in total. The van der Waals surface area contributed by atoms with E-state index in [2.05, 4.69) is 34.6 Å². The number of alkyl halides is 3. The first-order valence-electron chi connectivity index (χ1n) is 9.65. The number of rotatable bonds is 8.